The minimum absolute atomic E-state index is 0.0742. The molecule has 1 amide bonds. The van der Waals surface area contributed by atoms with Gasteiger partial charge in [-0.25, -0.2) is 0 Å². The molecular formula is C20H20N2O2. The highest BCUT2D eigenvalue weighted by Gasteiger charge is 2.26. The van der Waals surface area contributed by atoms with Crippen molar-refractivity contribution in [1.82, 2.24) is 4.90 Å². The number of amides is 1. The molecule has 122 valence electrons. The lowest BCUT2D eigenvalue weighted by molar-refractivity contribution is 0.0746. The zero-order valence-corrected chi connectivity index (χ0v) is 13.7. The summed E-state index contributed by atoms with van der Waals surface area (Å²) in [6, 6.07) is 18.1. The number of anilines is 1. The van der Waals surface area contributed by atoms with Crippen molar-refractivity contribution in [2.24, 2.45) is 0 Å². The van der Waals surface area contributed by atoms with Crippen LogP contribution in [0.2, 0.25) is 0 Å². The lowest BCUT2D eigenvalue weighted by atomic mass is 10.1. The minimum atomic E-state index is 0.0742. The molecule has 0 saturated carbocycles. The zero-order chi connectivity index (χ0) is 16.5. The molecule has 1 aliphatic heterocycles. The van der Waals surface area contributed by atoms with Gasteiger partial charge in [0.1, 0.15) is 11.3 Å². The van der Waals surface area contributed by atoms with E-state index in [4.69, 9.17) is 4.42 Å². The van der Waals surface area contributed by atoms with Gasteiger partial charge in [-0.1, -0.05) is 36.4 Å². The van der Waals surface area contributed by atoms with Crippen LogP contribution in [0.5, 0.6) is 0 Å². The van der Waals surface area contributed by atoms with Crippen LogP contribution >= 0.6 is 0 Å². The Bertz CT molecular complexity index is 862. The van der Waals surface area contributed by atoms with E-state index in [9.17, 15) is 4.79 Å². The van der Waals surface area contributed by atoms with Crippen molar-refractivity contribution in [3.05, 3.63) is 65.9 Å². The number of benzene rings is 2. The van der Waals surface area contributed by atoms with Crippen molar-refractivity contribution in [2.75, 3.05) is 31.1 Å². The molecule has 0 radical (unpaired) electrons. The Labute approximate surface area is 141 Å². The molecule has 0 spiro atoms. The molecule has 0 unspecified atom stereocenters. The van der Waals surface area contributed by atoms with E-state index >= 15 is 0 Å². The lowest BCUT2D eigenvalue weighted by Crippen LogP contribution is -2.48. The van der Waals surface area contributed by atoms with Gasteiger partial charge in [-0.15, -0.1) is 0 Å². The number of fused-ring (bicyclic) bond motifs is 1. The van der Waals surface area contributed by atoms with Crippen molar-refractivity contribution in [3.63, 3.8) is 0 Å². The number of piperazine rings is 1. The largest absolute Gasteiger partial charge is 0.461 e. The lowest BCUT2D eigenvalue weighted by Gasteiger charge is -2.36. The van der Waals surface area contributed by atoms with Crippen molar-refractivity contribution in [1.29, 1.82) is 0 Å². The number of furan rings is 1. The first-order chi connectivity index (χ1) is 11.7. The van der Waals surface area contributed by atoms with Gasteiger partial charge in [0.05, 0.1) is 5.56 Å². The summed E-state index contributed by atoms with van der Waals surface area (Å²) in [6.45, 7) is 5.03. The van der Waals surface area contributed by atoms with Crippen molar-refractivity contribution >= 4 is 22.6 Å². The Morgan fingerprint density at radius 1 is 0.917 bits per heavy atom. The number of carbonyl (C=O) groups is 1. The summed E-state index contributed by atoms with van der Waals surface area (Å²) < 4.78 is 5.74. The average molecular weight is 320 g/mol. The molecule has 0 N–H and O–H groups in total. The first-order valence-electron chi connectivity index (χ1n) is 8.31. The second-order valence-corrected chi connectivity index (χ2v) is 6.14. The fraction of sp³-hybridized carbons (Fsp3) is 0.250. The number of hydrogen-bond acceptors (Lipinski definition) is 3. The SMILES string of the molecule is Cc1oc2ccccc2c1C(=O)N1CCN(c2ccccc2)CC1. The molecule has 3 aromatic rings. The zero-order valence-electron chi connectivity index (χ0n) is 13.7. The Morgan fingerprint density at radius 2 is 1.58 bits per heavy atom. The summed E-state index contributed by atoms with van der Waals surface area (Å²) in [7, 11) is 0. The highest BCUT2D eigenvalue weighted by molar-refractivity contribution is 6.07. The number of hydrogen-bond donors (Lipinski definition) is 0. The maximum Gasteiger partial charge on any atom is 0.258 e. The number of aryl methyl sites for hydroxylation is 1. The number of para-hydroxylation sites is 2. The van der Waals surface area contributed by atoms with Gasteiger partial charge in [0.15, 0.2) is 0 Å². The van der Waals surface area contributed by atoms with Crippen LogP contribution in [0.4, 0.5) is 5.69 Å². The molecule has 0 atom stereocenters. The summed E-state index contributed by atoms with van der Waals surface area (Å²) in [4.78, 5) is 17.2. The smallest absolute Gasteiger partial charge is 0.258 e. The van der Waals surface area contributed by atoms with Gasteiger partial charge in [0.25, 0.3) is 5.91 Å². The normalized spacial score (nSPS) is 15.0. The average Bonchev–Trinajstić information content (AvgIpc) is 2.98. The summed E-state index contributed by atoms with van der Waals surface area (Å²) in [5, 5.41) is 0.908. The Morgan fingerprint density at radius 3 is 2.33 bits per heavy atom. The van der Waals surface area contributed by atoms with E-state index in [2.05, 4.69) is 17.0 Å². The van der Waals surface area contributed by atoms with E-state index in [1.807, 2.05) is 54.3 Å². The van der Waals surface area contributed by atoms with Gasteiger partial charge in [0.2, 0.25) is 0 Å². The first kappa shape index (κ1) is 14.8. The van der Waals surface area contributed by atoms with Gasteiger partial charge in [-0.2, -0.15) is 0 Å². The van der Waals surface area contributed by atoms with Crippen molar-refractivity contribution < 1.29 is 9.21 Å². The second-order valence-electron chi connectivity index (χ2n) is 6.14. The Kier molecular flexibility index (Phi) is 3.73. The van der Waals surface area contributed by atoms with Crippen LogP contribution in [-0.4, -0.2) is 37.0 Å². The summed E-state index contributed by atoms with van der Waals surface area (Å²) >= 11 is 0. The van der Waals surface area contributed by atoms with E-state index in [-0.39, 0.29) is 5.91 Å². The predicted octanol–water partition coefficient (Wildman–Crippen LogP) is 3.70. The van der Waals surface area contributed by atoms with E-state index in [1.165, 1.54) is 5.69 Å². The summed E-state index contributed by atoms with van der Waals surface area (Å²) in [6.07, 6.45) is 0. The van der Waals surface area contributed by atoms with Crippen LogP contribution in [-0.2, 0) is 0 Å². The van der Waals surface area contributed by atoms with Crippen LogP contribution in [0.3, 0.4) is 0 Å². The maximum absolute atomic E-state index is 13.0. The topological polar surface area (TPSA) is 36.7 Å². The molecule has 2 aromatic carbocycles. The highest BCUT2D eigenvalue weighted by Crippen LogP contribution is 2.27. The molecular weight excluding hydrogens is 300 g/mol. The molecule has 1 aliphatic rings. The van der Waals surface area contributed by atoms with E-state index in [0.717, 1.165) is 37.1 Å². The van der Waals surface area contributed by atoms with Gasteiger partial charge >= 0.3 is 0 Å². The molecule has 0 bridgehead atoms. The quantitative estimate of drug-likeness (QED) is 0.722. The minimum Gasteiger partial charge on any atom is -0.461 e. The predicted molar refractivity (Wildman–Crippen MR) is 95.5 cm³/mol. The summed E-state index contributed by atoms with van der Waals surface area (Å²) in [5.41, 5.74) is 2.70. The number of nitrogens with zero attached hydrogens (tertiary/aromatic N) is 2. The first-order valence-corrected chi connectivity index (χ1v) is 8.31. The molecule has 4 heteroatoms. The molecule has 1 fully saturated rings. The fourth-order valence-electron chi connectivity index (χ4n) is 3.40. The molecule has 0 aliphatic carbocycles. The Balaban J connectivity index is 1.53. The third-order valence-electron chi connectivity index (χ3n) is 4.67. The van der Waals surface area contributed by atoms with E-state index in [0.29, 0.717) is 11.3 Å². The van der Waals surface area contributed by atoms with Crippen molar-refractivity contribution in [3.8, 4) is 0 Å². The van der Waals surface area contributed by atoms with Crippen LogP contribution in [0.15, 0.2) is 59.0 Å². The maximum atomic E-state index is 13.0. The highest BCUT2D eigenvalue weighted by atomic mass is 16.3. The standard InChI is InChI=1S/C20H20N2O2/c1-15-19(17-9-5-6-10-18(17)24-15)20(23)22-13-11-21(12-14-22)16-7-3-2-4-8-16/h2-10H,11-14H2,1H3. The van der Waals surface area contributed by atoms with Gasteiger partial charge < -0.3 is 14.2 Å². The molecule has 2 heterocycles. The van der Waals surface area contributed by atoms with Crippen LogP contribution < -0.4 is 4.90 Å². The monoisotopic (exact) mass is 320 g/mol. The second kappa shape index (κ2) is 6.04. The van der Waals surface area contributed by atoms with Gasteiger partial charge in [0, 0.05) is 37.3 Å². The van der Waals surface area contributed by atoms with Crippen LogP contribution in [0.25, 0.3) is 11.0 Å². The Hall–Kier alpha value is -2.75. The molecule has 4 nitrogen and oxygen atoms in total. The fourth-order valence-corrected chi connectivity index (χ4v) is 3.40. The van der Waals surface area contributed by atoms with E-state index in [1.54, 1.807) is 0 Å². The van der Waals surface area contributed by atoms with Crippen LogP contribution in [0, 0.1) is 6.92 Å². The number of carbonyl (C=O) groups excluding carboxylic acids is 1. The van der Waals surface area contributed by atoms with Crippen LogP contribution in [0.1, 0.15) is 16.1 Å². The molecule has 1 saturated heterocycles. The summed E-state index contributed by atoms with van der Waals surface area (Å²) in [5.74, 6) is 0.775. The third kappa shape index (κ3) is 2.54. The van der Waals surface area contributed by atoms with Crippen molar-refractivity contribution in [2.45, 2.75) is 6.92 Å². The third-order valence-corrected chi connectivity index (χ3v) is 4.67. The van der Waals surface area contributed by atoms with Gasteiger partial charge in [-0.05, 0) is 25.1 Å². The molecule has 24 heavy (non-hydrogen) atoms. The van der Waals surface area contributed by atoms with Gasteiger partial charge in [-0.3, -0.25) is 4.79 Å². The number of rotatable bonds is 2. The molecule has 1 aromatic heterocycles. The van der Waals surface area contributed by atoms with E-state index < -0.39 is 0 Å². The molecule has 4 rings (SSSR count).